The van der Waals surface area contributed by atoms with Gasteiger partial charge in [0.1, 0.15) is 11.5 Å². The van der Waals surface area contributed by atoms with Crippen molar-refractivity contribution in [2.75, 3.05) is 31.1 Å². The van der Waals surface area contributed by atoms with Crippen molar-refractivity contribution in [1.82, 2.24) is 14.9 Å². The summed E-state index contributed by atoms with van der Waals surface area (Å²) in [6.07, 6.45) is 4.07. The van der Waals surface area contributed by atoms with E-state index in [4.69, 9.17) is 0 Å². The van der Waals surface area contributed by atoms with E-state index < -0.39 is 0 Å². The topological polar surface area (TPSA) is 66.4 Å². The zero-order valence-electron chi connectivity index (χ0n) is 15.6. The van der Waals surface area contributed by atoms with Gasteiger partial charge in [0.25, 0.3) is 0 Å². The van der Waals surface area contributed by atoms with Gasteiger partial charge in [-0.3, -0.25) is 14.6 Å². The first-order valence-corrected chi connectivity index (χ1v) is 9.91. The summed E-state index contributed by atoms with van der Waals surface area (Å²) in [5.41, 5.74) is 0.894. The van der Waals surface area contributed by atoms with Crippen LogP contribution in [-0.4, -0.2) is 52.7 Å². The van der Waals surface area contributed by atoms with Crippen LogP contribution in [0.3, 0.4) is 0 Å². The summed E-state index contributed by atoms with van der Waals surface area (Å²) in [6.45, 7) is 6.81. The highest BCUT2D eigenvalue weighted by Gasteiger charge is 2.22. The maximum atomic E-state index is 12.7. The fourth-order valence-electron chi connectivity index (χ4n) is 3.14. The lowest BCUT2D eigenvalue weighted by Gasteiger charge is -2.24. The molecule has 142 valence electrons. The van der Waals surface area contributed by atoms with Crippen molar-refractivity contribution in [3.05, 3.63) is 52.4 Å². The van der Waals surface area contributed by atoms with Crippen LogP contribution >= 0.6 is 15.9 Å². The van der Waals surface area contributed by atoms with Crippen molar-refractivity contribution < 1.29 is 9.59 Å². The van der Waals surface area contributed by atoms with Crippen LogP contribution in [0, 0.1) is 5.92 Å². The third kappa shape index (κ3) is 4.71. The van der Waals surface area contributed by atoms with E-state index in [1.807, 2.05) is 30.9 Å². The summed E-state index contributed by atoms with van der Waals surface area (Å²) >= 11 is 3.34. The van der Waals surface area contributed by atoms with Gasteiger partial charge in [0.15, 0.2) is 0 Å². The summed E-state index contributed by atoms with van der Waals surface area (Å²) in [5, 5.41) is 0. The number of amides is 1. The molecule has 1 fully saturated rings. The minimum atomic E-state index is -0.155. The lowest BCUT2D eigenvalue weighted by atomic mass is 10.1. The fourth-order valence-corrected chi connectivity index (χ4v) is 3.51. The molecule has 1 aliphatic rings. The normalized spacial score (nSPS) is 15.0. The van der Waals surface area contributed by atoms with E-state index in [2.05, 4.69) is 30.8 Å². The van der Waals surface area contributed by atoms with E-state index in [9.17, 15) is 9.59 Å². The van der Waals surface area contributed by atoms with Crippen LogP contribution in [0.4, 0.5) is 5.82 Å². The number of aromatic nitrogens is 2. The molecule has 2 aromatic rings. The minimum absolute atomic E-state index is 0.00873. The Morgan fingerprint density at radius 3 is 2.67 bits per heavy atom. The number of nitrogens with zero attached hydrogens (tertiary/aromatic N) is 4. The highest BCUT2D eigenvalue weighted by atomic mass is 79.9. The summed E-state index contributed by atoms with van der Waals surface area (Å²) < 4.78 is 0.756. The quantitative estimate of drug-likeness (QED) is 0.696. The number of carbonyl (C=O) groups excluding carboxylic acids is 2. The fraction of sp³-hybridized carbons (Fsp3) is 0.400. The molecule has 0 radical (unpaired) electrons. The average molecular weight is 431 g/mol. The number of hydrogen-bond acceptors (Lipinski definition) is 5. The molecule has 3 heterocycles. The van der Waals surface area contributed by atoms with Gasteiger partial charge in [0.05, 0.1) is 0 Å². The third-order valence-electron chi connectivity index (χ3n) is 4.56. The van der Waals surface area contributed by atoms with Crippen LogP contribution in [-0.2, 0) is 4.79 Å². The maximum absolute atomic E-state index is 12.7. The molecule has 0 atom stereocenters. The lowest BCUT2D eigenvalue weighted by molar-refractivity contribution is -0.134. The second-order valence-electron chi connectivity index (χ2n) is 6.92. The first-order chi connectivity index (χ1) is 13.0. The number of ketones is 1. The Hall–Kier alpha value is -2.28. The molecule has 3 rings (SSSR count). The van der Waals surface area contributed by atoms with Gasteiger partial charge in [-0.1, -0.05) is 19.9 Å². The summed E-state index contributed by atoms with van der Waals surface area (Å²) in [5.74, 6) is 0.810. The SMILES string of the molecule is CC(C)C(=O)N1CCCN(c2cccc(C(=O)c3cncc(Br)c3)n2)CC1. The zero-order valence-corrected chi connectivity index (χ0v) is 17.1. The standard InChI is InChI=1S/C20H23BrN4O2/c1-14(2)20(27)25-8-4-7-24(9-10-25)18-6-3-5-17(23-18)19(26)15-11-16(21)13-22-12-15/h3,5-6,11-14H,4,7-10H2,1-2H3. The van der Waals surface area contributed by atoms with Crippen molar-refractivity contribution in [2.45, 2.75) is 20.3 Å². The Morgan fingerprint density at radius 2 is 1.93 bits per heavy atom. The Labute approximate surface area is 167 Å². The first-order valence-electron chi connectivity index (χ1n) is 9.12. The molecule has 0 N–H and O–H groups in total. The number of pyridine rings is 2. The molecular weight excluding hydrogens is 408 g/mol. The molecule has 0 aliphatic carbocycles. The van der Waals surface area contributed by atoms with Crippen molar-refractivity contribution in [3.63, 3.8) is 0 Å². The van der Waals surface area contributed by atoms with Crippen molar-refractivity contribution in [3.8, 4) is 0 Å². The Balaban J connectivity index is 1.75. The van der Waals surface area contributed by atoms with Crippen molar-refractivity contribution in [1.29, 1.82) is 0 Å². The zero-order chi connectivity index (χ0) is 19.4. The second kappa shape index (κ2) is 8.61. The van der Waals surface area contributed by atoms with Gasteiger partial charge in [-0.15, -0.1) is 0 Å². The molecule has 0 bridgehead atoms. The molecule has 2 aromatic heterocycles. The molecule has 6 nitrogen and oxygen atoms in total. The van der Waals surface area contributed by atoms with Gasteiger partial charge >= 0.3 is 0 Å². The molecule has 1 amide bonds. The van der Waals surface area contributed by atoms with E-state index in [1.165, 1.54) is 0 Å². The third-order valence-corrected chi connectivity index (χ3v) is 4.99. The minimum Gasteiger partial charge on any atom is -0.355 e. The summed E-state index contributed by atoms with van der Waals surface area (Å²) in [7, 11) is 0. The van der Waals surface area contributed by atoms with Crippen LogP contribution < -0.4 is 4.90 Å². The summed E-state index contributed by atoms with van der Waals surface area (Å²) in [6, 6.07) is 7.23. The molecule has 7 heteroatoms. The number of rotatable bonds is 4. The number of hydrogen-bond donors (Lipinski definition) is 0. The maximum Gasteiger partial charge on any atom is 0.225 e. The highest BCUT2D eigenvalue weighted by Crippen LogP contribution is 2.18. The molecule has 1 aliphatic heterocycles. The molecule has 1 saturated heterocycles. The van der Waals surface area contributed by atoms with E-state index in [1.54, 1.807) is 24.5 Å². The highest BCUT2D eigenvalue weighted by molar-refractivity contribution is 9.10. The average Bonchev–Trinajstić information content (AvgIpc) is 2.93. The molecule has 0 spiro atoms. The van der Waals surface area contributed by atoms with Gasteiger partial charge in [-0.25, -0.2) is 4.98 Å². The van der Waals surface area contributed by atoms with Crippen LogP contribution in [0.15, 0.2) is 41.1 Å². The molecule has 0 unspecified atom stereocenters. The Morgan fingerprint density at radius 1 is 1.11 bits per heavy atom. The molecular formula is C20H23BrN4O2. The van der Waals surface area contributed by atoms with E-state index in [0.29, 0.717) is 24.3 Å². The van der Waals surface area contributed by atoms with Gasteiger partial charge in [0, 0.05) is 54.5 Å². The number of anilines is 1. The number of halogens is 1. The van der Waals surface area contributed by atoms with Gasteiger partial charge in [0.2, 0.25) is 11.7 Å². The first kappa shape index (κ1) is 19.5. The van der Waals surface area contributed by atoms with E-state index >= 15 is 0 Å². The smallest absolute Gasteiger partial charge is 0.225 e. The Kier molecular flexibility index (Phi) is 6.21. The Bertz CT molecular complexity index is 840. The van der Waals surface area contributed by atoms with Crippen LogP contribution in [0.5, 0.6) is 0 Å². The van der Waals surface area contributed by atoms with E-state index in [0.717, 1.165) is 29.8 Å². The lowest BCUT2D eigenvalue weighted by Crippen LogP contribution is -2.37. The number of carbonyl (C=O) groups is 2. The van der Waals surface area contributed by atoms with Crippen LogP contribution in [0.1, 0.15) is 36.3 Å². The molecule has 0 saturated carbocycles. The monoisotopic (exact) mass is 430 g/mol. The summed E-state index contributed by atoms with van der Waals surface area (Å²) in [4.78, 5) is 37.7. The van der Waals surface area contributed by atoms with Crippen molar-refractivity contribution >= 4 is 33.4 Å². The largest absolute Gasteiger partial charge is 0.355 e. The second-order valence-corrected chi connectivity index (χ2v) is 7.84. The van der Waals surface area contributed by atoms with Crippen molar-refractivity contribution in [2.24, 2.45) is 5.92 Å². The van der Waals surface area contributed by atoms with Gasteiger partial charge < -0.3 is 9.80 Å². The van der Waals surface area contributed by atoms with Gasteiger partial charge in [-0.2, -0.15) is 0 Å². The predicted molar refractivity (Wildman–Crippen MR) is 108 cm³/mol. The van der Waals surface area contributed by atoms with Gasteiger partial charge in [-0.05, 0) is 40.5 Å². The predicted octanol–water partition coefficient (Wildman–Crippen LogP) is 3.16. The van der Waals surface area contributed by atoms with Crippen LogP contribution in [0.2, 0.25) is 0 Å². The molecule has 27 heavy (non-hydrogen) atoms. The molecule has 0 aromatic carbocycles. The van der Waals surface area contributed by atoms with E-state index in [-0.39, 0.29) is 17.6 Å². The van der Waals surface area contributed by atoms with Crippen LogP contribution in [0.25, 0.3) is 0 Å².